The first-order valence-corrected chi connectivity index (χ1v) is 10.2. The Morgan fingerprint density at radius 3 is 2.58 bits per heavy atom. The summed E-state index contributed by atoms with van der Waals surface area (Å²) in [4.78, 5) is 19.0. The summed E-state index contributed by atoms with van der Waals surface area (Å²) < 4.78 is 21.8. The number of hydrogen-bond acceptors (Lipinski definition) is 7. The third-order valence-corrected chi connectivity index (χ3v) is 5.25. The third-order valence-electron chi connectivity index (χ3n) is 5.25. The molecule has 162 valence electrons. The van der Waals surface area contributed by atoms with E-state index in [1.54, 1.807) is 32.4 Å². The summed E-state index contributed by atoms with van der Waals surface area (Å²) in [6.45, 7) is 3.54. The van der Waals surface area contributed by atoms with Gasteiger partial charge in [-0.1, -0.05) is 23.4 Å². The number of likely N-dealkylation sites (tertiary alicyclic amines) is 1. The Labute approximate surface area is 180 Å². The van der Waals surface area contributed by atoms with Crippen LogP contribution in [0.3, 0.4) is 0 Å². The number of carbonyl (C=O) groups is 1. The first-order chi connectivity index (χ1) is 15.1. The molecule has 2 heterocycles. The van der Waals surface area contributed by atoms with Gasteiger partial charge in [-0.15, -0.1) is 0 Å². The van der Waals surface area contributed by atoms with Crippen LogP contribution < -0.4 is 14.2 Å². The summed E-state index contributed by atoms with van der Waals surface area (Å²) in [7, 11) is 3.17. The van der Waals surface area contributed by atoms with E-state index in [4.69, 9.17) is 18.7 Å². The minimum absolute atomic E-state index is 0.0608. The van der Waals surface area contributed by atoms with Gasteiger partial charge in [-0.25, -0.2) is 0 Å². The van der Waals surface area contributed by atoms with Crippen LogP contribution in [-0.2, 0) is 11.3 Å². The van der Waals surface area contributed by atoms with Gasteiger partial charge < -0.3 is 23.6 Å². The zero-order valence-corrected chi connectivity index (χ0v) is 17.8. The van der Waals surface area contributed by atoms with E-state index in [0.717, 1.165) is 11.3 Å². The van der Waals surface area contributed by atoms with Crippen molar-refractivity contribution in [2.45, 2.75) is 25.8 Å². The highest BCUT2D eigenvalue weighted by molar-refractivity contribution is 5.79. The smallest absolute Gasteiger partial charge is 0.258 e. The number of nitrogens with zero attached hydrogens (tertiary/aromatic N) is 3. The van der Waals surface area contributed by atoms with Crippen molar-refractivity contribution in [3.05, 3.63) is 53.9 Å². The largest absolute Gasteiger partial charge is 0.497 e. The van der Waals surface area contributed by atoms with Crippen LogP contribution in [-0.4, -0.2) is 48.3 Å². The van der Waals surface area contributed by atoms with Gasteiger partial charge in [0.05, 0.1) is 20.8 Å². The lowest BCUT2D eigenvalue weighted by atomic mass is 10.1. The molecule has 1 amide bonds. The Morgan fingerprint density at radius 1 is 1.13 bits per heavy atom. The van der Waals surface area contributed by atoms with Crippen LogP contribution in [0.4, 0.5) is 0 Å². The molecule has 0 spiro atoms. The quantitative estimate of drug-likeness (QED) is 0.546. The first kappa shape index (κ1) is 20.7. The highest BCUT2D eigenvalue weighted by Gasteiger charge is 2.34. The zero-order chi connectivity index (χ0) is 21.8. The molecule has 1 fully saturated rings. The van der Waals surface area contributed by atoms with Crippen LogP contribution in [0.2, 0.25) is 0 Å². The number of methoxy groups -OCH3 is 2. The first-order valence-electron chi connectivity index (χ1n) is 10.2. The van der Waals surface area contributed by atoms with Crippen molar-refractivity contribution in [3.63, 3.8) is 0 Å². The van der Waals surface area contributed by atoms with Gasteiger partial charge in [0.2, 0.25) is 5.91 Å². The molecule has 4 rings (SSSR count). The summed E-state index contributed by atoms with van der Waals surface area (Å²) in [5, 5.41) is 4.14. The Bertz CT molecular complexity index is 1040. The van der Waals surface area contributed by atoms with Gasteiger partial charge in [-0.2, -0.15) is 4.98 Å². The van der Waals surface area contributed by atoms with Gasteiger partial charge in [-0.3, -0.25) is 4.79 Å². The number of hydrogen-bond donors (Lipinski definition) is 0. The monoisotopic (exact) mass is 423 g/mol. The average Bonchev–Trinajstić information content (AvgIpc) is 3.42. The zero-order valence-electron chi connectivity index (χ0n) is 17.8. The Hall–Kier alpha value is -3.55. The van der Waals surface area contributed by atoms with Crippen molar-refractivity contribution in [1.82, 2.24) is 15.0 Å². The van der Waals surface area contributed by atoms with E-state index >= 15 is 0 Å². The lowest BCUT2D eigenvalue weighted by Gasteiger charge is -2.18. The molecule has 0 saturated carbocycles. The van der Waals surface area contributed by atoms with Crippen LogP contribution in [0.25, 0.3) is 11.5 Å². The molecule has 1 atom stereocenters. The summed E-state index contributed by atoms with van der Waals surface area (Å²) in [6.07, 6.45) is 0.344. The van der Waals surface area contributed by atoms with Crippen molar-refractivity contribution in [3.8, 4) is 28.7 Å². The standard InChI is InChI=1S/C23H25N3O5/c1-4-30-20-8-6-5-7-15(20)13-26-14-17(11-21(26)27)22-24-23(31-25-22)16-9-18(28-2)12-19(10-16)29-3/h5-10,12,17H,4,11,13-14H2,1-3H3. The van der Waals surface area contributed by atoms with Crippen LogP contribution in [0.15, 0.2) is 47.0 Å². The number of ether oxygens (including phenoxy) is 3. The van der Waals surface area contributed by atoms with Crippen LogP contribution in [0.5, 0.6) is 17.2 Å². The fourth-order valence-electron chi connectivity index (χ4n) is 3.68. The lowest BCUT2D eigenvalue weighted by Crippen LogP contribution is -2.24. The third kappa shape index (κ3) is 4.47. The highest BCUT2D eigenvalue weighted by atomic mass is 16.5. The number of para-hydroxylation sites is 1. The van der Waals surface area contributed by atoms with E-state index < -0.39 is 0 Å². The molecule has 1 saturated heterocycles. The number of benzene rings is 2. The molecule has 0 radical (unpaired) electrons. The number of aromatic nitrogens is 2. The minimum atomic E-state index is -0.128. The Kier molecular flexibility index (Phi) is 6.06. The van der Waals surface area contributed by atoms with Crippen molar-refractivity contribution >= 4 is 5.91 Å². The Morgan fingerprint density at radius 2 is 1.87 bits per heavy atom. The van der Waals surface area contributed by atoms with Gasteiger partial charge in [-0.05, 0) is 25.1 Å². The van der Waals surface area contributed by atoms with Gasteiger partial charge in [0.15, 0.2) is 5.82 Å². The molecule has 8 nitrogen and oxygen atoms in total. The molecule has 2 aromatic carbocycles. The number of rotatable bonds is 8. The molecule has 0 N–H and O–H groups in total. The maximum absolute atomic E-state index is 12.6. The van der Waals surface area contributed by atoms with Crippen molar-refractivity contribution in [2.24, 2.45) is 0 Å². The average molecular weight is 423 g/mol. The lowest BCUT2D eigenvalue weighted by molar-refractivity contribution is -0.128. The van der Waals surface area contributed by atoms with E-state index in [-0.39, 0.29) is 11.8 Å². The van der Waals surface area contributed by atoms with Gasteiger partial charge >= 0.3 is 0 Å². The fraction of sp³-hybridized carbons (Fsp3) is 0.348. The van der Waals surface area contributed by atoms with E-state index in [9.17, 15) is 4.79 Å². The molecule has 1 aliphatic heterocycles. The molecular formula is C23H25N3O5. The molecule has 31 heavy (non-hydrogen) atoms. The number of carbonyl (C=O) groups excluding carboxylic acids is 1. The summed E-state index contributed by atoms with van der Waals surface area (Å²) in [6, 6.07) is 13.2. The van der Waals surface area contributed by atoms with Crippen LogP contribution >= 0.6 is 0 Å². The molecular weight excluding hydrogens is 398 g/mol. The van der Waals surface area contributed by atoms with E-state index in [1.807, 2.05) is 36.1 Å². The SMILES string of the molecule is CCOc1ccccc1CN1CC(c2noc(-c3cc(OC)cc(OC)c3)n2)CC1=O. The Balaban J connectivity index is 1.50. The summed E-state index contributed by atoms with van der Waals surface area (Å²) in [5.74, 6) is 2.87. The maximum atomic E-state index is 12.6. The predicted molar refractivity (Wildman–Crippen MR) is 113 cm³/mol. The van der Waals surface area contributed by atoms with E-state index in [0.29, 0.717) is 54.9 Å². The summed E-state index contributed by atoms with van der Waals surface area (Å²) in [5.41, 5.74) is 1.68. The predicted octanol–water partition coefficient (Wildman–Crippen LogP) is 3.67. The van der Waals surface area contributed by atoms with Gasteiger partial charge in [0.25, 0.3) is 5.89 Å². The van der Waals surface area contributed by atoms with Crippen molar-refractivity contribution in [2.75, 3.05) is 27.4 Å². The molecule has 3 aromatic rings. The highest BCUT2D eigenvalue weighted by Crippen LogP contribution is 2.33. The second-order valence-corrected chi connectivity index (χ2v) is 7.28. The summed E-state index contributed by atoms with van der Waals surface area (Å²) >= 11 is 0. The number of amides is 1. The van der Waals surface area contributed by atoms with E-state index in [1.165, 1.54) is 0 Å². The van der Waals surface area contributed by atoms with Gasteiger partial charge in [0, 0.05) is 42.6 Å². The normalized spacial score (nSPS) is 15.9. The van der Waals surface area contributed by atoms with Crippen molar-refractivity contribution < 1.29 is 23.5 Å². The second kappa shape index (κ2) is 9.07. The molecule has 1 aliphatic rings. The molecule has 8 heteroatoms. The molecule has 1 aromatic heterocycles. The van der Waals surface area contributed by atoms with E-state index in [2.05, 4.69) is 10.1 Å². The maximum Gasteiger partial charge on any atom is 0.258 e. The second-order valence-electron chi connectivity index (χ2n) is 7.28. The van der Waals surface area contributed by atoms with Crippen LogP contribution in [0.1, 0.15) is 30.7 Å². The molecule has 0 aliphatic carbocycles. The fourth-order valence-corrected chi connectivity index (χ4v) is 3.68. The molecule has 1 unspecified atom stereocenters. The molecule has 0 bridgehead atoms. The van der Waals surface area contributed by atoms with Gasteiger partial charge in [0.1, 0.15) is 17.2 Å². The minimum Gasteiger partial charge on any atom is -0.497 e. The van der Waals surface area contributed by atoms with Crippen molar-refractivity contribution in [1.29, 1.82) is 0 Å². The van der Waals surface area contributed by atoms with Crippen LogP contribution in [0, 0.1) is 0 Å². The topological polar surface area (TPSA) is 86.9 Å².